The lowest BCUT2D eigenvalue weighted by atomic mass is 9.81. The second-order valence-corrected chi connectivity index (χ2v) is 5.93. The van der Waals surface area contributed by atoms with Crippen LogP contribution in [0.4, 0.5) is 0 Å². The van der Waals surface area contributed by atoms with Crippen molar-refractivity contribution < 1.29 is 0 Å². The fraction of sp³-hybridized carbons (Fsp3) is 0.211. The second kappa shape index (κ2) is 4.97. The Balaban J connectivity index is 2.27. The monoisotopic (exact) mass is 276 g/mol. The summed E-state index contributed by atoms with van der Waals surface area (Å²) in [5, 5.41) is 2.29. The Morgan fingerprint density at radius 1 is 0.952 bits per heavy atom. The van der Waals surface area contributed by atoms with E-state index in [2.05, 4.69) is 56.1 Å². The number of nitrogens with zero attached hydrogens (tertiary/aromatic N) is 1. The molecule has 1 aromatic heterocycles. The molecule has 0 aliphatic heterocycles. The summed E-state index contributed by atoms with van der Waals surface area (Å²) in [5.41, 5.74) is 10.8. The van der Waals surface area contributed by atoms with Gasteiger partial charge < -0.3 is 5.73 Å². The Hall–Kier alpha value is -2.19. The summed E-state index contributed by atoms with van der Waals surface area (Å²) in [4.78, 5) is 4.38. The molecule has 2 aromatic carbocycles. The van der Waals surface area contributed by atoms with Gasteiger partial charge in [-0.3, -0.25) is 4.98 Å². The highest BCUT2D eigenvalue weighted by molar-refractivity contribution is 5.86. The number of pyridine rings is 1. The van der Waals surface area contributed by atoms with Gasteiger partial charge in [0.15, 0.2) is 0 Å². The molecule has 3 rings (SSSR count). The third-order valence-electron chi connectivity index (χ3n) is 4.18. The molecule has 106 valence electrons. The molecule has 3 aromatic rings. The van der Waals surface area contributed by atoms with Gasteiger partial charge in [-0.15, -0.1) is 0 Å². The molecule has 21 heavy (non-hydrogen) atoms. The van der Waals surface area contributed by atoms with Gasteiger partial charge >= 0.3 is 0 Å². The highest BCUT2D eigenvalue weighted by Crippen LogP contribution is 2.33. The summed E-state index contributed by atoms with van der Waals surface area (Å²) < 4.78 is 0. The van der Waals surface area contributed by atoms with Gasteiger partial charge in [0, 0.05) is 23.3 Å². The zero-order chi connectivity index (χ0) is 15.0. The lowest BCUT2D eigenvalue weighted by Crippen LogP contribution is -2.35. The number of aromatic nitrogens is 1. The number of fused-ring (bicyclic) bond motifs is 1. The van der Waals surface area contributed by atoms with Crippen molar-refractivity contribution in [1.82, 2.24) is 4.98 Å². The number of hydrogen-bond donors (Lipinski definition) is 1. The van der Waals surface area contributed by atoms with Crippen molar-refractivity contribution in [2.24, 2.45) is 5.73 Å². The van der Waals surface area contributed by atoms with Crippen molar-refractivity contribution in [2.75, 3.05) is 0 Å². The molecule has 0 aliphatic rings. The summed E-state index contributed by atoms with van der Waals surface area (Å²) in [6.45, 7) is 6.27. The van der Waals surface area contributed by atoms with E-state index in [0.717, 1.165) is 16.5 Å². The fourth-order valence-corrected chi connectivity index (χ4v) is 2.97. The van der Waals surface area contributed by atoms with E-state index >= 15 is 0 Å². The average Bonchev–Trinajstić information content (AvgIpc) is 2.49. The van der Waals surface area contributed by atoms with E-state index in [4.69, 9.17) is 5.73 Å². The number of aryl methyl sites for hydroxylation is 2. The first-order valence-corrected chi connectivity index (χ1v) is 7.20. The van der Waals surface area contributed by atoms with E-state index in [-0.39, 0.29) is 0 Å². The molecule has 0 saturated carbocycles. The van der Waals surface area contributed by atoms with E-state index in [1.165, 1.54) is 16.5 Å². The Morgan fingerprint density at radius 3 is 2.52 bits per heavy atom. The molecule has 0 amide bonds. The van der Waals surface area contributed by atoms with Crippen LogP contribution in [0.1, 0.15) is 29.2 Å². The minimum atomic E-state index is -0.566. The minimum absolute atomic E-state index is 0.566. The second-order valence-electron chi connectivity index (χ2n) is 5.93. The van der Waals surface area contributed by atoms with Crippen molar-refractivity contribution in [2.45, 2.75) is 26.3 Å². The fourth-order valence-electron chi connectivity index (χ4n) is 2.97. The maximum Gasteiger partial charge on any atom is 0.0660 e. The summed E-state index contributed by atoms with van der Waals surface area (Å²) in [6.07, 6.45) is 3.78. The molecule has 0 radical (unpaired) electrons. The first-order chi connectivity index (χ1) is 10.00. The van der Waals surface area contributed by atoms with Gasteiger partial charge in [0.25, 0.3) is 0 Å². The number of hydrogen-bond acceptors (Lipinski definition) is 2. The van der Waals surface area contributed by atoms with Crippen molar-refractivity contribution in [3.05, 3.63) is 77.1 Å². The molecular weight excluding hydrogens is 256 g/mol. The van der Waals surface area contributed by atoms with Gasteiger partial charge in [-0.2, -0.15) is 0 Å². The highest BCUT2D eigenvalue weighted by Gasteiger charge is 2.27. The van der Waals surface area contributed by atoms with Crippen LogP contribution < -0.4 is 5.73 Å². The van der Waals surface area contributed by atoms with E-state index in [1.807, 2.05) is 24.5 Å². The van der Waals surface area contributed by atoms with Crippen molar-refractivity contribution >= 4 is 10.8 Å². The first kappa shape index (κ1) is 13.8. The molecule has 1 unspecified atom stereocenters. The molecule has 0 aliphatic carbocycles. The van der Waals surface area contributed by atoms with Crippen LogP contribution in [-0.2, 0) is 5.54 Å². The molecular formula is C19H20N2. The number of nitrogens with two attached hydrogens (primary N) is 1. The Morgan fingerprint density at radius 2 is 1.71 bits per heavy atom. The lowest BCUT2D eigenvalue weighted by Gasteiger charge is -2.29. The van der Waals surface area contributed by atoms with Gasteiger partial charge in [0.05, 0.1) is 5.54 Å². The van der Waals surface area contributed by atoms with Crippen molar-refractivity contribution in [3.63, 3.8) is 0 Å². The van der Waals surface area contributed by atoms with Gasteiger partial charge in [0.1, 0.15) is 0 Å². The van der Waals surface area contributed by atoms with Crippen LogP contribution in [0.2, 0.25) is 0 Å². The third kappa shape index (κ3) is 2.32. The van der Waals surface area contributed by atoms with Crippen molar-refractivity contribution in [1.29, 1.82) is 0 Å². The normalized spacial score (nSPS) is 14.1. The minimum Gasteiger partial charge on any atom is -0.318 e. The van der Waals surface area contributed by atoms with Crippen LogP contribution in [0, 0.1) is 13.8 Å². The predicted octanol–water partition coefficient (Wildman–Crippen LogP) is 4.07. The lowest BCUT2D eigenvalue weighted by molar-refractivity contribution is 0.601. The smallest absolute Gasteiger partial charge is 0.0660 e. The molecule has 1 heterocycles. The topological polar surface area (TPSA) is 38.9 Å². The number of rotatable bonds is 2. The van der Waals surface area contributed by atoms with Gasteiger partial charge in [-0.1, -0.05) is 48.0 Å². The maximum absolute atomic E-state index is 6.76. The third-order valence-corrected chi connectivity index (χ3v) is 4.18. The zero-order valence-electron chi connectivity index (χ0n) is 12.7. The van der Waals surface area contributed by atoms with Crippen LogP contribution in [0.25, 0.3) is 10.8 Å². The first-order valence-electron chi connectivity index (χ1n) is 7.20. The molecule has 2 nitrogen and oxygen atoms in total. The quantitative estimate of drug-likeness (QED) is 0.766. The average molecular weight is 276 g/mol. The van der Waals surface area contributed by atoms with Crippen molar-refractivity contribution in [3.8, 4) is 0 Å². The SMILES string of the molecule is Cc1ccc(C)c(C(C)(N)c2cncc3ccccc23)c1. The predicted molar refractivity (Wildman–Crippen MR) is 88.3 cm³/mol. The highest BCUT2D eigenvalue weighted by atomic mass is 14.8. The summed E-state index contributed by atoms with van der Waals surface area (Å²) in [5.74, 6) is 0. The largest absolute Gasteiger partial charge is 0.318 e. The van der Waals surface area contributed by atoms with E-state index < -0.39 is 5.54 Å². The van der Waals surface area contributed by atoms with Crippen LogP contribution in [0.15, 0.2) is 54.9 Å². The maximum atomic E-state index is 6.76. The molecule has 0 spiro atoms. The van der Waals surface area contributed by atoms with E-state index in [1.54, 1.807) is 0 Å². The Bertz CT molecular complexity index is 798. The van der Waals surface area contributed by atoms with Crippen LogP contribution in [-0.4, -0.2) is 4.98 Å². The Labute approximate surface area is 125 Å². The van der Waals surface area contributed by atoms with E-state index in [0.29, 0.717) is 0 Å². The summed E-state index contributed by atoms with van der Waals surface area (Å²) in [7, 11) is 0. The van der Waals surface area contributed by atoms with Crippen LogP contribution >= 0.6 is 0 Å². The van der Waals surface area contributed by atoms with E-state index in [9.17, 15) is 0 Å². The Kier molecular flexibility index (Phi) is 3.26. The molecule has 2 N–H and O–H groups in total. The summed E-state index contributed by atoms with van der Waals surface area (Å²) in [6, 6.07) is 14.7. The molecule has 0 saturated heterocycles. The van der Waals surface area contributed by atoms with Crippen LogP contribution in [0.5, 0.6) is 0 Å². The summed E-state index contributed by atoms with van der Waals surface area (Å²) >= 11 is 0. The molecule has 2 heteroatoms. The zero-order valence-corrected chi connectivity index (χ0v) is 12.7. The van der Waals surface area contributed by atoms with Gasteiger partial charge in [-0.05, 0) is 37.3 Å². The standard InChI is InChI=1S/C19H20N2/c1-13-8-9-14(2)17(10-13)19(3,20)18-12-21-11-15-6-4-5-7-16(15)18/h4-12H,20H2,1-3H3. The molecule has 0 bridgehead atoms. The van der Waals surface area contributed by atoms with Gasteiger partial charge in [-0.25, -0.2) is 0 Å². The van der Waals surface area contributed by atoms with Gasteiger partial charge in [0.2, 0.25) is 0 Å². The molecule has 1 atom stereocenters. The molecule has 0 fully saturated rings. The van der Waals surface area contributed by atoms with Crippen LogP contribution in [0.3, 0.4) is 0 Å². The number of benzene rings is 2.